The lowest BCUT2D eigenvalue weighted by molar-refractivity contribution is 0.0760. The van der Waals surface area contributed by atoms with E-state index in [0.29, 0.717) is 59.4 Å². The van der Waals surface area contributed by atoms with Gasteiger partial charge in [0.05, 0.1) is 15.9 Å². The molecule has 2 amide bonds. The smallest absolute Gasteiger partial charge is 0.297 e. The number of nitrogens with zero attached hydrogens (tertiary/aromatic N) is 2. The number of carbonyl (C=O) groups excluding carboxylic acids is 2. The number of rotatable bonds is 10. The molecule has 4 aromatic rings. The first-order chi connectivity index (χ1) is 20.1. The van der Waals surface area contributed by atoms with Crippen LogP contribution in [0.15, 0.2) is 58.3 Å². The molecule has 0 spiro atoms. The summed E-state index contributed by atoms with van der Waals surface area (Å²) < 4.78 is 60.4. The van der Waals surface area contributed by atoms with E-state index in [0.717, 1.165) is 0 Å². The molecule has 0 aliphatic carbocycles. The first-order valence-electron chi connectivity index (χ1n) is 13.9. The Morgan fingerprint density at radius 1 is 0.721 bits per heavy atom. The zero-order chi connectivity index (χ0) is 32.1. The number of nitrogens with one attached hydrogen (secondary N) is 2. The maximum Gasteiger partial charge on any atom is 0.297 e. The van der Waals surface area contributed by atoms with Gasteiger partial charge >= 0.3 is 0 Å². The van der Waals surface area contributed by atoms with Crippen LogP contribution in [0.25, 0.3) is 21.8 Å². The Morgan fingerprint density at radius 3 is 1.49 bits per heavy atom. The molecule has 0 bridgehead atoms. The van der Waals surface area contributed by atoms with Gasteiger partial charge in [-0.25, -0.2) is 0 Å². The maximum atomic E-state index is 12.4. The highest BCUT2D eigenvalue weighted by Crippen LogP contribution is 2.23. The van der Waals surface area contributed by atoms with Gasteiger partial charge in [-0.15, -0.1) is 0 Å². The molecule has 0 saturated carbocycles. The van der Waals surface area contributed by atoms with Crippen LogP contribution in [0.3, 0.4) is 0 Å². The second kappa shape index (κ2) is 13.7. The van der Waals surface area contributed by atoms with Crippen LogP contribution >= 0.6 is 0 Å². The van der Waals surface area contributed by atoms with Crippen LogP contribution in [-0.2, 0) is 24.4 Å². The highest BCUT2D eigenvalue weighted by Gasteiger charge is 2.20. The fraction of sp³-hybridized carbons (Fsp3) is 0.379. The molecule has 4 rings (SSSR count). The number of fused-ring (bicyclic) bond motifs is 2. The molecular weight excluding hydrogens is 596 g/mol. The van der Waals surface area contributed by atoms with E-state index in [1.165, 1.54) is 30.3 Å². The quantitative estimate of drug-likeness (QED) is 0.167. The normalized spacial score (nSPS) is 11.9. The van der Waals surface area contributed by atoms with Crippen molar-refractivity contribution < 1.29 is 35.2 Å². The molecule has 12 nitrogen and oxygen atoms in total. The van der Waals surface area contributed by atoms with Crippen molar-refractivity contribution in [2.75, 3.05) is 26.2 Å². The van der Waals surface area contributed by atoms with Crippen molar-refractivity contribution >= 4 is 53.9 Å². The van der Waals surface area contributed by atoms with Gasteiger partial charge in [0.1, 0.15) is 11.4 Å². The molecule has 0 saturated heterocycles. The number of aromatic amines is 2. The minimum Gasteiger partial charge on any atom is -0.351 e. The highest BCUT2D eigenvalue weighted by molar-refractivity contribution is 7.86. The van der Waals surface area contributed by atoms with E-state index in [2.05, 4.69) is 9.97 Å². The summed E-state index contributed by atoms with van der Waals surface area (Å²) in [5.74, 6) is -0.242. The first-order valence-corrected chi connectivity index (χ1v) is 16.7. The summed E-state index contributed by atoms with van der Waals surface area (Å²) in [5.41, 5.74) is 2.20. The van der Waals surface area contributed by atoms with Gasteiger partial charge in [-0.1, -0.05) is 0 Å². The summed E-state index contributed by atoms with van der Waals surface area (Å²) in [6.45, 7) is 13.4. The summed E-state index contributed by atoms with van der Waals surface area (Å²) >= 11 is 0. The van der Waals surface area contributed by atoms with E-state index in [9.17, 15) is 26.4 Å². The Morgan fingerprint density at radius 2 is 1.12 bits per heavy atom. The third-order valence-electron chi connectivity index (χ3n) is 6.65. The lowest BCUT2D eigenvalue weighted by atomic mass is 10.2. The van der Waals surface area contributed by atoms with Crippen LogP contribution in [0.1, 0.15) is 62.5 Å². The van der Waals surface area contributed by atoms with Gasteiger partial charge in [0.15, 0.2) is 0 Å². The van der Waals surface area contributed by atoms with Crippen LogP contribution in [0.5, 0.6) is 0 Å². The standard InChI is InChI=1S/C16H22N2O4S.C13H16N2O4S/c1-5-18(6-2)16(19)15-10-12-9-13(7-8-14(12)17-15)23(20,21)22-11(3)4;1-3-15(4-2)13(16)12-8-9-7-10(20(17,18)19)5-6-11(9)14-12/h7-11,17H,5-6H2,1-4H3;5-8,14H,3-4H2,1-2H3,(H,17,18,19). The van der Waals surface area contributed by atoms with Crippen molar-refractivity contribution in [2.24, 2.45) is 0 Å². The van der Waals surface area contributed by atoms with Crippen molar-refractivity contribution in [2.45, 2.75) is 57.4 Å². The van der Waals surface area contributed by atoms with Gasteiger partial charge in [0.25, 0.3) is 32.1 Å². The fourth-order valence-electron chi connectivity index (χ4n) is 4.44. The highest BCUT2D eigenvalue weighted by atomic mass is 32.2. The van der Waals surface area contributed by atoms with Gasteiger partial charge < -0.3 is 19.8 Å². The molecule has 2 aromatic heterocycles. The molecule has 3 N–H and O–H groups in total. The monoisotopic (exact) mass is 634 g/mol. The van der Waals surface area contributed by atoms with Gasteiger partial charge in [0.2, 0.25) is 0 Å². The van der Waals surface area contributed by atoms with Crippen molar-refractivity contribution in [3.63, 3.8) is 0 Å². The van der Waals surface area contributed by atoms with Gasteiger partial charge in [-0.2, -0.15) is 16.8 Å². The molecule has 43 heavy (non-hydrogen) atoms. The van der Waals surface area contributed by atoms with E-state index in [4.69, 9.17) is 8.74 Å². The van der Waals surface area contributed by atoms with Crippen molar-refractivity contribution in [3.8, 4) is 0 Å². The van der Waals surface area contributed by atoms with E-state index < -0.39 is 26.3 Å². The fourth-order valence-corrected chi connectivity index (χ4v) is 6.08. The Labute approximate surface area is 251 Å². The topological polar surface area (TPSA) is 170 Å². The number of carbonyl (C=O) groups is 2. The van der Waals surface area contributed by atoms with Crippen molar-refractivity contribution in [3.05, 3.63) is 59.9 Å². The molecule has 0 unspecified atom stereocenters. The summed E-state index contributed by atoms with van der Waals surface area (Å²) in [4.78, 5) is 33.8. The number of hydrogen-bond acceptors (Lipinski definition) is 7. The largest absolute Gasteiger partial charge is 0.351 e. The van der Waals surface area contributed by atoms with E-state index in [1.54, 1.807) is 41.8 Å². The number of hydrogen-bond donors (Lipinski definition) is 3. The van der Waals surface area contributed by atoms with Gasteiger partial charge in [-0.3, -0.25) is 18.3 Å². The minimum absolute atomic E-state index is 0.0829. The Kier molecular flexibility index (Phi) is 10.8. The minimum atomic E-state index is -4.24. The molecular formula is C29H38N4O8S2. The average molecular weight is 635 g/mol. The van der Waals surface area contributed by atoms with Gasteiger partial charge in [-0.05, 0) is 90.1 Å². The van der Waals surface area contributed by atoms with Gasteiger partial charge in [0, 0.05) is 48.0 Å². The molecule has 234 valence electrons. The molecule has 2 heterocycles. The SMILES string of the molecule is CCN(CC)C(=O)c1cc2cc(S(=O)(=O)O)ccc2[nH]1.CCN(CC)C(=O)c1cc2cc(S(=O)(=O)OC(C)C)ccc2[nH]1. The van der Waals surface area contributed by atoms with Crippen LogP contribution in [0, 0.1) is 0 Å². The lowest BCUT2D eigenvalue weighted by Crippen LogP contribution is -2.30. The van der Waals surface area contributed by atoms with Crippen LogP contribution in [0.4, 0.5) is 0 Å². The third kappa shape index (κ3) is 8.02. The third-order valence-corrected chi connectivity index (χ3v) is 8.97. The van der Waals surface area contributed by atoms with Crippen molar-refractivity contribution in [1.82, 2.24) is 19.8 Å². The van der Waals surface area contributed by atoms with Crippen molar-refractivity contribution in [1.29, 1.82) is 0 Å². The Balaban J connectivity index is 0.000000238. The first kappa shape index (κ1) is 33.8. The van der Waals surface area contributed by atoms with Crippen LogP contribution in [0.2, 0.25) is 0 Å². The average Bonchev–Trinajstić information content (AvgIpc) is 3.57. The molecule has 0 aliphatic heterocycles. The Bertz CT molecular complexity index is 1820. The molecule has 14 heteroatoms. The zero-order valence-electron chi connectivity index (χ0n) is 25.0. The Hall–Kier alpha value is -3.72. The molecule has 2 aromatic carbocycles. The van der Waals surface area contributed by atoms with E-state index >= 15 is 0 Å². The maximum absolute atomic E-state index is 12.4. The summed E-state index contributed by atoms with van der Waals surface area (Å²) in [6, 6.07) is 12.0. The van der Waals surface area contributed by atoms with Crippen LogP contribution < -0.4 is 0 Å². The number of H-pyrrole nitrogens is 2. The number of benzene rings is 2. The van der Waals surface area contributed by atoms with E-state index in [-0.39, 0.29) is 21.6 Å². The summed E-state index contributed by atoms with van der Waals surface area (Å²) in [5, 5.41) is 1.23. The number of aromatic nitrogens is 2. The number of amides is 2. The lowest BCUT2D eigenvalue weighted by Gasteiger charge is -2.17. The molecule has 0 aliphatic rings. The molecule has 0 fully saturated rings. The molecule has 0 radical (unpaired) electrons. The summed E-state index contributed by atoms with van der Waals surface area (Å²) in [7, 11) is -8.04. The zero-order valence-corrected chi connectivity index (χ0v) is 26.7. The molecule has 0 atom stereocenters. The second-order valence-electron chi connectivity index (χ2n) is 9.89. The predicted molar refractivity (Wildman–Crippen MR) is 164 cm³/mol. The van der Waals surface area contributed by atoms with Crippen LogP contribution in [-0.4, -0.2) is 85.3 Å². The van der Waals surface area contributed by atoms with E-state index in [1.807, 2.05) is 27.7 Å². The summed E-state index contributed by atoms with van der Waals surface area (Å²) in [6.07, 6.45) is -0.429. The second-order valence-corrected chi connectivity index (χ2v) is 12.9. The predicted octanol–water partition coefficient (Wildman–Crippen LogP) is 4.66.